The predicted molar refractivity (Wildman–Crippen MR) is 258 cm³/mol. The Labute approximate surface area is 370 Å². The van der Waals surface area contributed by atoms with Crippen LogP contribution in [-0.2, 0) is 10.8 Å². The third-order valence-corrected chi connectivity index (χ3v) is 13.9. The van der Waals surface area contributed by atoms with Crippen LogP contribution in [0.2, 0.25) is 0 Å². The number of nitrogens with zero attached hydrogens (tertiary/aromatic N) is 1. The molecule has 1 heteroatoms. The van der Waals surface area contributed by atoms with Crippen molar-refractivity contribution in [1.29, 1.82) is 0 Å². The van der Waals surface area contributed by atoms with E-state index in [2.05, 4.69) is 158 Å². The van der Waals surface area contributed by atoms with Crippen LogP contribution in [0.1, 0.15) is 102 Å². The third kappa shape index (κ3) is 6.20. The van der Waals surface area contributed by atoms with Gasteiger partial charge in [-0.15, -0.1) is 0 Å². The normalized spacial score (nSPS) is 17.6. The van der Waals surface area contributed by atoms with E-state index >= 15 is 0 Å². The van der Waals surface area contributed by atoms with E-state index in [4.69, 9.17) is 8.22 Å². The molecule has 1 fully saturated rings. The number of para-hydroxylation sites is 1. The fraction of sp³-hybridized carbons (Fsp3) is 0.200. The molecular formula is C60H53N. The van der Waals surface area contributed by atoms with Crippen LogP contribution in [-0.4, -0.2) is 0 Å². The average Bonchev–Trinajstić information content (AvgIpc) is 3.78. The standard InChI is InChI=1S/C60H53N/c1-59(2)54-29-16-14-28-49(54)50-33-31-47(39-56(50)59)61(57-30-17-15-27-48(57)44-26-18-25-43(35-44)40-19-8-5-9-20-40)46-32-34-55-52(38-46)53-37-45(41-21-10-6-11-22-41)36-51(58(53)60(55,3)4)42-23-12-7-13-24-42/h6-7,10-18,21-40H,5,8-9,19-20H2,1-4H3/i1D3,2D3. The van der Waals surface area contributed by atoms with Gasteiger partial charge in [0.2, 0.25) is 0 Å². The molecule has 0 spiro atoms. The van der Waals surface area contributed by atoms with Gasteiger partial charge in [-0.05, 0) is 139 Å². The van der Waals surface area contributed by atoms with Crippen molar-refractivity contribution in [2.75, 3.05) is 4.90 Å². The second-order valence-corrected chi connectivity index (χ2v) is 17.9. The molecule has 0 aromatic heterocycles. The number of anilines is 3. The molecule has 8 aromatic rings. The van der Waals surface area contributed by atoms with E-state index in [0.717, 1.165) is 44.8 Å². The van der Waals surface area contributed by atoms with Gasteiger partial charge >= 0.3 is 0 Å². The lowest BCUT2D eigenvalue weighted by molar-refractivity contribution is 0.444. The maximum Gasteiger partial charge on any atom is 0.0540 e. The Morgan fingerprint density at radius 1 is 0.426 bits per heavy atom. The molecule has 0 radical (unpaired) electrons. The minimum absolute atomic E-state index is 0.292. The fourth-order valence-electron chi connectivity index (χ4n) is 10.9. The first-order valence-corrected chi connectivity index (χ1v) is 22.0. The van der Waals surface area contributed by atoms with Crippen LogP contribution in [0.5, 0.6) is 0 Å². The zero-order valence-electron chi connectivity index (χ0n) is 40.9. The topological polar surface area (TPSA) is 3.24 Å². The Morgan fingerprint density at radius 2 is 1.05 bits per heavy atom. The molecule has 0 amide bonds. The summed E-state index contributed by atoms with van der Waals surface area (Å²) >= 11 is 0. The molecule has 0 N–H and O–H groups in total. The summed E-state index contributed by atoms with van der Waals surface area (Å²) in [6, 6.07) is 63.1. The third-order valence-electron chi connectivity index (χ3n) is 13.9. The Bertz CT molecular complexity index is 3160. The average molecular weight is 794 g/mol. The first-order valence-electron chi connectivity index (χ1n) is 25.0. The summed E-state index contributed by atoms with van der Waals surface area (Å²) in [7, 11) is 0. The van der Waals surface area contributed by atoms with Gasteiger partial charge < -0.3 is 4.90 Å². The van der Waals surface area contributed by atoms with Crippen LogP contribution in [0.15, 0.2) is 182 Å². The highest BCUT2D eigenvalue weighted by atomic mass is 15.1. The monoisotopic (exact) mass is 793 g/mol. The van der Waals surface area contributed by atoms with E-state index in [0.29, 0.717) is 33.9 Å². The summed E-state index contributed by atoms with van der Waals surface area (Å²) < 4.78 is 54.4. The lowest BCUT2D eigenvalue weighted by Crippen LogP contribution is -2.18. The lowest BCUT2D eigenvalue weighted by atomic mass is 9.78. The Kier molecular flexibility index (Phi) is 7.54. The van der Waals surface area contributed by atoms with Crippen molar-refractivity contribution >= 4 is 17.1 Å². The van der Waals surface area contributed by atoms with Crippen molar-refractivity contribution in [3.05, 3.63) is 210 Å². The first-order chi connectivity index (χ1) is 32.3. The van der Waals surface area contributed by atoms with Crippen molar-refractivity contribution < 1.29 is 8.22 Å². The lowest BCUT2D eigenvalue weighted by Gasteiger charge is -2.31. The van der Waals surface area contributed by atoms with E-state index in [1.165, 1.54) is 59.9 Å². The molecule has 0 bridgehead atoms. The molecule has 0 atom stereocenters. The van der Waals surface area contributed by atoms with Crippen molar-refractivity contribution in [2.24, 2.45) is 0 Å². The molecule has 0 unspecified atom stereocenters. The summed E-state index contributed by atoms with van der Waals surface area (Å²) in [6.45, 7) is -1.15. The molecule has 298 valence electrons. The van der Waals surface area contributed by atoms with Gasteiger partial charge in [-0.2, -0.15) is 0 Å². The summed E-state index contributed by atoms with van der Waals surface area (Å²) in [4.78, 5) is 2.22. The summed E-state index contributed by atoms with van der Waals surface area (Å²) in [5.41, 5.74) is 14.7. The van der Waals surface area contributed by atoms with E-state index in [9.17, 15) is 0 Å². The number of benzene rings is 8. The van der Waals surface area contributed by atoms with Gasteiger partial charge in [0.1, 0.15) is 0 Å². The van der Waals surface area contributed by atoms with Crippen LogP contribution in [0, 0.1) is 0 Å². The van der Waals surface area contributed by atoms with Crippen LogP contribution < -0.4 is 4.90 Å². The molecule has 3 aliphatic rings. The molecular weight excluding hydrogens is 735 g/mol. The molecule has 0 aliphatic heterocycles. The number of rotatable bonds is 7. The van der Waals surface area contributed by atoms with Crippen LogP contribution >= 0.6 is 0 Å². The molecule has 0 saturated heterocycles. The first kappa shape index (κ1) is 31.4. The van der Waals surface area contributed by atoms with Gasteiger partial charge in [0.25, 0.3) is 0 Å². The zero-order valence-corrected chi connectivity index (χ0v) is 34.9. The van der Waals surface area contributed by atoms with Gasteiger partial charge in [0.05, 0.1) is 5.69 Å². The van der Waals surface area contributed by atoms with Crippen LogP contribution in [0.3, 0.4) is 0 Å². The highest BCUT2D eigenvalue weighted by molar-refractivity contribution is 5.96. The van der Waals surface area contributed by atoms with E-state index in [1.807, 2.05) is 30.3 Å². The number of hydrogen-bond acceptors (Lipinski definition) is 1. The molecule has 1 saturated carbocycles. The highest BCUT2D eigenvalue weighted by Gasteiger charge is 2.40. The molecule has 3 aliphatic carbocycles. The Balaban J connectivity index is 1.17. The highest BCUT2D eigenvalue weighted by Crippen LogP contribution is 2.56. The van der Waals surface area contributed by atoms with E-state index in [1.54, 1.807) is 12.1 Å². The second kappa shape index (κ2) is 14.6. The minimum atomic E-state index is -2.89. The van der Waals surface area contributed by atoms with Gasteiger partial charge in [0.15, 0.2) is 0 Å². The molecule has 0 heterocycles. The molecule has 61 heavy (non-hydrogen) atoms. The number of fused-ring (bicyclic) bond motifs is 6. The molecule has 8 aromatic carbocycles. The van der Waals surface area contributed by atoms with Gasteiger partial charge in [-0.3, -0.25) is 0 Å². The maximum atomic E-state index is 9.06. The number of hydrogen-bond donors (Lipinski definition) is 0. The Morgan fingerprint density at radius 3 is 1.84 bits per heavy atom. The van der Waals surface area contributed by atoms with Crippen LogP contribution in [0.4, 0.5) is 17.1 Å². The van der Waals surface area contributed by atoms with Crippen molar-refractivity contribution in [1.82, 2.24) is 0 Å². The molecule has 11 rings (SSSR count). The van der Waals surface area contributed by atoms with E-state index in [-0.39, 0.29) is 5.41 Å². The van der Waals surface area contributed by atoms with Crippen LogP contribution in [0.25, 0.3) is 55.6 Å². The van der Waals surface area contributed by atoms with Crippen molar-refractivity contribution in [3.8, 4) is 55.6 Å². The molecule has 1 nitrogen and oxygen atoms in total. The van der Waals surface area contributed by atoms with Crippen molar-refractivity contribution in [2.45, 2.75) is 76.4 Å². The zero-order chi connectivity index (χ0) is 46.3. The minimum Gasteiger partial charge on any atom is -0.310 e. The van der Waals surface area contributed by atoms with Gasteiger partial charge in [-0.25, -0.2) is 0 Å². The summed E-state index contributed by atoms with van der Waals surface area (Å²) in [5, 5.41) is 0. The fourth-order valence-corrected chi connectivity index (χ4v) is 10.9. The summed E-state index contributed by atoms with van der Waals surface area (Å²) in [6.07, 6.45) is 6.15. The maximum absolute atomic E-state index is 9.06. The van der Waals surface area contributed by atoms with Gasteiger partial charge in [0, 0.05) is 36.0 Å². The van der Waals surface area contributed by atoms with Crippen molar-refractivity contribution in [3.63, 3.8) is 0 Å². The SMILES string of the molecule is [2H]C([2H])([2H])C1(C([2H])([2H])[2H])c2ccccc2-c2ccc(N(c3ccc4c(c3)-c3cc(-c5ccccc5)cc(-c5ccccc5)c3C4(C)C)c3ccccc3-c3cccc(C4CCCCC4)c3)cc21. The quantitative estimate of drug-likeness (QED) is 0.155. The smallest absolute Gasteiger partial charge is 0.0540 e. The predicted octanol–water partition coefficient (Wildman–Crippen LogP) is 16.8. The Hall–Kier alpha value is -6.44. The largest absolute Gasteiger partial charge is 0.310 e. The van der Waals surface area contributed by atoms with Gasteiger partial charge in [-0.1, -0.05) is 186 Å². The van der Waals surface area contributed by atoms with E-state index < -0.39 is 19.1 Å². The summed E-state index contributed by atoms with van der Waals surface area (Å²) in [5.74, 6) is 0.518. The second-order valence-electron chi connectivity index (χ2n) is 17.9.